The van der Waals surface area contributed by atoms with Crippen molar-refractivity contribution in [1.29, 1.82) is 0 Å². The number of aryl methyl sites for hydroxylation is 1. The highest BCUT2D eigenvalue weighted by Gasteiger charge is 2.26. The van der Waals surface area contributed by atoms with Crippen molar-refractivity contribution >= 4 is 38.9 Å². The molecule has 164 valence electrons. The topological polar surface area (TPSA) is 62.5 Å². The van der Waals surface area contributed by atoms with Crippen molar-refractivity contribution < 1.29 is 4.79 Å². The lowest BCUT2D eigenvalue weighted by molar-refractivity contribution is -0.125. The van der Waals surface area contributed by atoms with E-state index < -0.39 is 0 Å². The van der Waals surface area contributed by atoms with Crippen molar-refractivity contribution in [3.8, 4) is 11.3 Å². The van der Waals surface area contributed by atoms with Crippen LogP contribution in [0.2, 0.25) is 5.02 Å². The molecular formula is C24H24ClN5OS. The van der Waals surface area contributed by atoms with E-state index in [9.17, 15) is 4.79 Å². The maximum absolute atomic E-state index is 12.6. The zero-order valence-corrected chi connectivity index (χ0v) is 19.4. The normalized spacial score (nSPS) is 14.8. The lowest BCUT2D eigenvalue weighted by atomic mass is 9.96. The number of rotatable bonds is 5. The Kier molecular flexibility index (Phi) is 5.85. The van der Waals surface area contributed by atoms with Gasteiger partial charge in [0.15, 0.2) is 0 Å². The minimum Gasteiger partial charge on any atom is -0.352 e. The second-order valence-corrected chi connectivity index (χ2v) is 9.58. The number of imidazole rings is 1. The molecule has 0 saturated carbocycles. The van der Waals surface area contributed by atoms with Crippen LogP contribution in [0.15, 0.2) is 54.7 Å². The summed E-state index contributed by atoms with van der Waals surface area (Å²) in [4.78, 5) is 20.5. The van der Waals surface area contributed by atoms with Gasteiger partial charge in [-0.3, -0.25) is 4.79 Å². The monoisotopic (exact) mass is 465 g/mol. The van der Waals surface area contributed by atoms with Gasteiger partial charge in [-0.25, -0.2) is 9.50 Å². The van der Waals surface area contributed by atoms with E-state index in [0.717, 1.165) is 52.8 Å². The Morgan fingerprint density at radius 3 is 2.53 bits per heavy atom. The summed E-state index contributed by atoms with van der Waals surface area (Å²) in [6, 6.07) is 15.9. The average molecular weight is 466 g/mol. The number of carbonyl (C=O) groups excluding carboxylic acids is 1. The van der Waals surface area contributed by atoms with Crippen molar-refractivity contribution in [1.82, 2.24) is 19.9 Å². The Morgan fingerprint density at radius 2 is 1.84 bits per heavy atom. The molecule has 1 aliphatic rings. The lowest BCUT2D eigenvalue weighted by Gasteiger charge is -2.30. The van der Waals surface area contributed by atoms with Gasteiger partial charge in [0.05, 0.1) is 11.9 Å². The fourth-order valence-electron chi connectivity index (χ4n) is 3.95. The van der Waals surface area contributed by atoms with Crippen LogP contribution >= 0.6 is 22.9 Å². The SMILES string of the molecule is Cc1ccc(-c2cn3nc(N4CCC(C(=O)NCc5ccc(Cl)cc5)CC4)sc3n2)cc1. The van der Waals surface area contributed by atoms with Gasteiger partial charge in [0, 0.05) is 36.1 Å². The van der Waals surface area contributed by atoms with E-state index in [1.165, 1.54) is 5.56 Å². The first kappa shape index (κ1) is 21.0. The number of hydrogen-bond donors (Lipinski definition) is 1. The van der Waals surface area contributed by atoms with Crippen LogP contribution < -0.4 is 10.2 Å². The Bertz CT molecular complexity index is 1190. The summed E-state index contributed by atoms with van der Waals surface area (Å²) in [5.41, 5.74) is 4.32. The van der Waals surface area contributed by atoms with Crippen molar-refractivity contribution in [3.05, 3.63) is 70.9 Å². The van der Waals surface area contributed by atoms with E-state index >= 15 is 0 Å². The van der Waals surface area contributed by atoms with Crippen LogP contribution in [0.25, 0.3) is 16.2 Å². The highest BCUT2D eigenvalue weighted by Crippen LogP contribution is 2.29. The number of fused-ring (bicyclic) bond motifs is 1. The molecule has 1 N–H and O–H groups in total. The van der Waals surface area contributed by atoms with Crippen LogP contribution in [-0.2, 0) is 11.3 Å². The summed E-state index contributed by atoms with van der Waals surface area (Å²) >= 11 is 7.51. The van der Waals surface area contributed by atoms with Gasteiger partial charge in [-0.15, -0.1) is 5.10 Å². The number of benzene rings is 2. The van der Waals surface area contributed by atoms with E-state index in [4.69, 9.17) is 21.7 Å². The average Bonchev–Trinajstić information content (AvgIpc) is 3.39. The third kappa shape index (κ3) is 4.49. The van der Waals surface area contributed by atoms with Crippen molar-refractivity contribution in [3.63, 3.8) is 0 Å². The molecule has 0 aliphatic carbocycles. The predicted octanol–water partition coefficient (Wildman–Crippen LogP) is 4.95. The molecule has 6 nitrogen and oxygen atoms in total. The molecule has 1 fully saturated rings. The summed E-state index contributed by atoms with van der Waals surface area (Å²) in [6.07, 6.45) is 3.63. The number of anilines is 1. The van der Waals surface area contributed by atoms with E-state index in [0.29, 0.717) is 11.6 Å². The van der Waals surface area contributed by atoms with Gasteiger partial charge in [0.2, 0.25) is 16.0 Å². The maximum atomic E-state index is 12.6. The van der Waals surface area contributed by atoms with Crippen LogP contribution in [-0.4, -0.2) is 33.6 Å². The first-order valence-electron chi connectivity index (χ1n) is 10.8. The summed E-state index contributed by atoms with van der Waals surface area (Å²) in [7, 11) is 0. The fraction of sp³-hybridized carbons (Fsp3) is 0.292. The van der Waals surface area contributed by atoms with Crippen LogP contribution in [0.3, 0.4) is 0 Å². The molecule has 5 rings (SSSR count). The summed E-state index contributed by atoms with van der Waals surface area (Å²) in [5.74, 6) is 0.159. The van der Waals surface area contributed by atoms with E-state index in [1.54, 1.807) is 11.3 Å². The Balaban J connectivity index is 1.17. The molecule has 0 bridgehead atoms. The number of nitrogens with zero attached hydrogens (tertiary/aromatic N) is 4. The summed E-state index contributed by atoms with van der Waals surface area (Å²) < 4.78 is 1.86. The summed E-state index contributed by atoms with van der Waals surface area (Å²) in [6.45, 7) is 4.25. The zero-order chi connectivity index (χ0) is 22.1. The lowest BCUT2D eigenvalue weighted by Crippen LogP contribution is -2.40. The minimum atomic E-state index is 0.0377. The van der Waals surface area contributed by atoms with E-state index in [-0.39, 0.29) is 11.8 Å². The van der Waals surface area contributed by atoms with E-state index in [1.807, 2.05) is 35.0 Å². The molecule has 0 unspecified atom stereocenters. The van der Waals surface area contributed by atoms with Gasteiger partial charge in [-0.2, -0.15) is 0 Å². The van der Waals surface area contributed by atoms with Crippen molar-refractivity contribution in [2.45, 2.75) is 26.3 Å². The largest absolute Gasteiger partial charge is 0.352 e. The van der Waals surface area contributed by atoms with Gasteiger partial charge >= 0.3 is 0 Å². The highest BCUT2D eigenvalue weighted by molar-refractivity contribution is 7.20. The maximum Gasteiger partial charge on any atom is 0.223 e. The Labute approximate surface area is 195 Å². The predicted molar refractivity (Wildman–Crippen MR) is 129 cm³/mol. The number of hydrogen-bond acceptors (Lipinski definition) is 5. The Hall–Kier alpha value is -2.90. The number of aromatic nitrogens is 3. The fourth-order valence-corrected chi connectivity index (χ4v) is 5.01. The minimum absolute atomic E-state index is 0.0377. The van der Waals surface area contributed by atoms with Crippen LogP contribution in [0.4, 0.5) is 5.13 Å². The molecule has 2 aromatic heterocycles. The third-order valence-electron chi connectivity index (χ3n) is 5.90. The van der Waals surface area contributed by atoms with Crippen LogP contribution in [0, 0.1) is 12.8 Å². The number of piperidine rings is 1. The zero-order valence-electron chi connectivity index (χ0n) is 17.8. The molecule has 1 saturated heterocycles. The van der Waals surface area contributed by atoms with Gasteiger partial charge < -0.3 is 10.2 Å². The molecular weight excluding hydrogens is 442 g/mol. The van der Waals surface area contributed by atoms with Crippen molar-refractivity contribution in [2.24, 2.45) is 5.92 Å². The molecule has 1 amide bonds. The molecule has 32 heavy (non-hydrogen) atoms. The van der Waals surface area contributed by atoms with Gasteiger partial charge in [-0.05, 0) is 37.5 Å². The first-order chi connectivity index (χ1) is 15.5. The van der Waals surface area contributed by atoms with E-state index in [2.05, 4.69) is 41.4 Å². The molecule has 2 aromatic carbocycles. The third-order valence-corrected chi connectivity index (χ3v) is 7.13. The van der Waals surface area contributed by atoms with Gasteiger partial charge in [0.1, 0.15) is 0 Å². The number of halogens is 1. The number of carbonyl (C=O) groups is 1. The molecule has 3 heterocycles. The smallest absolute Gasteiger partial charge is 0.223 e. The highest BCUT2D eigenvalue weighted by atomic mass is 35.5. The second kappa shape index (κ2) is 8.92. The molecule has 0 spiro atoms. The molecule has 4 aromatic rings. The van der Waals surface area contributed by atoms with Gasteiger partial charge in [0.25, 0.3) is 0 Å². The molecule has 8 heteroatoms. The first-order valence-corrected chi connectivity index (χ1v) is 11.9. The molecule has 0 atom stereocenters. The van der Waals surface area contributed by atoms with Crippen molar-refractivity contribution in [2.75, 3.05) is 18.0 Å². The number of amides is 1. The quantitative estimate of drug-likeness (QED) is 0.453. The van der Waals surface area contributed by atoms with Crippen LogP contribution in [0.5, 0.6) is 0 Å². The molecule has 0 radical (unpaired) electrons. The summed E-state index contributed by atoms with van der Waals surface area (Å²) in [5, 5.41) is 9.46. The van der Waals surface area contributed by atoms with Crippen LogP contribution in [0.1, 0.15) is 24.0 Å². The molecule has 1 aliphatic heterocycles. The second-order valence-electron chi connectivity index (χ2n) is 8.21. The Morgan fingerprint density at radius 1 is 1.12 bits per heavy atom. The standard InChI is InChI=1S/C24H24ClN5OS/c1-16-2-6-18(7-3-16)21-15-30-23(27-21)32-24(28-30)29-12-10-19(11-13-29)22(31)26-14-17-4-8-20(25)9-5-17/h2-9,15,19H,10-14H2,1H3,(H,26,31). The number of nitrogens with one attached hydrogen (secondary N) is 1. The van der Waals surface area contributed by atoms with Gasteiger partial charge in [-0.1, -0.05) is 64.9 Å².